The number of unbranched alkanes of at least 4 members (excludes halogenated alkanes) is 3. The van der Waals surface area contributed by atoms with E-state index in [1.807, 2.05) is 30.3 Å². The first kappa shape index (κ1) is 35.4. The van der Waals surface area contributed by atoms with Gasteiger partial charge in [-0.25, -0.2) is 0 Å². The Morgan fingerprint density at radius 1 is 1.17 bits per heavy atom. The summed E-state index contributed by atoms with van der Waals surface area (Å²) in [5, 5.41) is 12.4. The smallest absolute Gasteiger partial charge is 0.313 e. The van der Waals surface area contributed by atoms with Gasteiger partial charge >= 0.3 is 5.97 Å². The molecule has 252 valence electrons. The summed E-state index contributed by atoms with van der Waals surface area (Å²) >= 11 is 0. The number of aliphatic hydroxyl groups is 1. The normalized spacial score (nSPS) is 25.9. The molecule has 0 aromatic heterocycles. The maximum absolute atomic E-state index is 14.3. The van der Waals surface area contributed by atoms with Crippen molar-refractivity contribution in [1.82, 2.24) is 15.1 Å². The lowest BCUT2D eigenvalue weighted by atomic mass is 9.70. The van der Waals surface area contributed by atoms with Crippen LogP contribution in [0.4, 0.5) is 0 Å². The number of fused-ring (bicyclic) bond motifs is 1. The van der Waals surface area contributed by atoms with Crippen molar-refractivity contribution in [2.24, 2.45) is 11.8 Å². The van der Waals surface area contributed by atoms with E-state index in [1.54, 1.807) is 28.9 Å². The highest BCUT2D eigenvalue weighted by Gasteiger charge is 2.75. The zero-order valence-corrected chi connectivity index (χ0v) is 27.4. The molecule has 3 fully saturated rings. The third kappa shape index (κ3) is 7.39. The van der Waals surface area contributed by atoms with Crippen molar-refractivity contribution in [1.29, 1.82) is 0 Å². The fourth-order valence-electron chi connectivity index (χ4n) is 7.45. The third-order valence-electron chi connectivity index (χ3n) is 9.60. The van der Waals surface area contributed by atoms with Gasteiger partial charge in [-0.05, 0) is 51.0 Å². The number of benzene rings is 1. The predicted molar refractivity (Wildman–Crippen MR) is 174 cm³/mol. The third-order valence-corrected chi connectivity index (χ3v) is 9.60. The van der Waals surface area contributed by atoms with Crippen molar-refractivity contribution in [2.45, 2.75) is 102 Å². The minimum atomic E-state index is -1.14. The van der Waals surface area contributed by atoms with Crippen LogP contribution in [0.15, 0.2) is 55.6 Å². The highest BCUT2D eigenvalue weighted by atomic mass is 16.6. The molecule has 1 aromatic rings. The highest BCUT2D eigenvalue weighted by Crippen LogP contribution is 2.59. The van der Waals surface area contributed by atoms with E-state index in [9.17, 15) is 24.3 Å². The minimum Gasteiger partial charge on any atom is -0.455 e. The second-order valence-corrected chi connectivity index (χ2v) is 12.8. The largest absolute Gasteiger partial charge is 0.455 e. The Morgan fingerprint density at radius 2 is 1.93 bits per heavy atom. The van der Waals surface area contributed by atoms with Crippen LogP contribution in [-0.4, -0.2) is 88.6 Å². The van der Waals surface area contributed by atoms with Crippen molar-refractivity contribution in [2.75, 3.05) is 26.2 Å². The van der Waals surface area contributed by atoms with Gasteiger partial charge in [-0.1, -0.05) is 62.2 Å². The van der Waals surface area contributed by atoms with Crippen molar-refractivity contribution in [3.8, 4) is 0 Å². The predicted octanol–water partition coefficient (Wildman–Crippen LogP) is 4.09. The number of amides is 3. The van der Waals surface area contributed by atoms with Crippen LogP contribution in [0, 0.1) is 11.8 Å². The molecule has 10 heteroatoms. The van der Waals surface area contributed by atoms with E-state index in [4.69, 9.17) is 9.47 Å². The molecule has 3 aliphatic heterocycles. The molecule has 7 atom stereocenters. The Hall–Kier alpha value is -3.50. The summed E-state index contributed by atoms with van der Waals surface area (Å²) in [4.78, 5) is 58.7. The van der Waals surface area contributed by atoms with E-state index in [0.717, 1.165) is 24.8 Å². The van der Waals surface area contributed by atoms with Gasteiger partial charge in [0.2, 0.25) is 17.7 Å². The number of carbonyl (C=O) groups is 4. The molecule has 4 rings (SSSR count). The number of hydrogen-bond acceptors (Lipinski definition) is 7. The summed E-state index contributed by atoms with van der Waals surface area (Å²) in [7, 11) is 0. The molecule has 0 radical (unpaired) electrons. The van der Waals surface area contributed by atoms with Gasteiger partial charge in [0, 0.05) is 32.7 Å². The average Bonchev–Trinajstić information content (AvgIpc) is 3.69. The lowest BCUT2D eigenvalue weighted by molar-refractivity contribution is -0.162. The first-order valence-corrected chi connectivity index (χ1v) is 16.9. The molecule has 3 amide bonds. The Balaban J connectivity index is 1.63. The first-order chi connectivity index (χ1) is 22.2. The number of likely N-dealkylation sites (tertiary alicyclic amines) is 1. The van der Waals surface area contributed by atoms with Gasteiger partial charge in [0.25, 0.3) is 0 Å². The lowest BCUT2D eigenvalue weighted by Crippen LogP contribution is -2.56. The fraction of sp³-hybridized carbons (Fsp3) is 0.611. The van der Waals surface area contributed by atoms with Crippen LogP contribution < -0.4 is 5.32 Å². The molecule has 46 heavy (non-hydrogen) atoms. The van der Waals surface area contributed by atoms with Crippen LogP contribution >= 0.6 is 0 Å². The number of allylic oxidation sites excluding steroid dienone is 1. The molecule has 0 unspecified atom stereocenters. The van der Waals surface area contributed by atoms with Crippen LogP contribution in [0.25, 0.3) is 0 Å². The Bertz CT molecular complexity index is 1240. The number of aliphatic hydroxyl groups excluding tert-OH is 1. The van der Waals surface area contributed by atoms with Gasteiger partial charge in [0.1, 0.15) is 17.7 Å². The number of rotatable bonds is 19. The number of nitrogens with one attached hydrogen (secondary N) is 1. The van der Waals surface area contributed by atoms with E-state index >= 15 is 0 Å². The Labute approximate surface area is 273 Å². The van der Waals surface area contributed by atoms with Crippen LogP contribution in [-0.2, 0) is 28.7 Å². The first-order valence-electron chi connectivity index (χ1n) is 16.9. The topological polar surface area (TPSA) is 125 Å². The second kappa shape index (κ2) is 16.4. The maximum Gasteiger partial charge on any atom is 0.313 e. The molecule has 1 spiro atoms. The van der Waals surface area contributed by atoms with Crippen LogP contribution in [0.3, 0.4) is 0 Å². The molecule has 10 nitrogen and oxygen atoms in total. The van der Waals surface area contributed by atoms with Gasteiger partial charge in [-0.2, -0.15) is 0 Å². The molecule has 0 aliphatic carbocycles. The van der Waals surface area contributed by atoms with Gasteiger partial charge < -0.3 is 29.7 Å². The van der Waals surface area contributed by atoms with E-state index in [2.05, 4.69) is 25.4 Å². The summed E-state index contributed by atoms with van der Waals surface area (Å²) in [6.07, 6.45) is 7.64. The van der Waals surface area contributed by atoms with Crippen LogP contribution in [0.5, 0.6) is 0 Å². The van der Waals surface area contributed by atoms with E-state index in [1.165, 1.54) is 0 Å². The zero-order chi connectivity index (χ0) is 33.3. The van der Waals surface area contributed by atoms with E-state index in [0.29, 0.717) is 45.2 Å². The molecule has 2 N–H and O–H groups in total. The summed E-state index contributed by atoms with van der Waals surface area (Å²) < 4.78 is 12.8. The quantitative estimate of drug-likeness (QED) is 0.133. The summed E-state index contributed by atoms with van der Waals surface area (Å²) in [5.41, 5.74) is -0.423. The standard InChI is InChI=1S/C36H51N3O7/c1-5-8-13-22-38(21-7-3)34(43)32-36-20-19-27(46-36)29(30(36)33(42)39(32)23-14-15-24-40)35(44)45-31(26-16-11-10-12-17-26)25(4)37-28(41)18-9-6-2/h6-7,10-12,16-17,25,27,29-32,40H,2-3,5,8-9,13-15,18-24H2,1,4H3,(H,37,41)/t25-,27-,29+,30+,31-,32-,36+/m0/s1. The molecule has 3 saturated heterocycles. The summed E-state index contributed by atoms with van der Waals surface area (Å²) in [5.74, 6) is -2.97. The summed E-state index contributed by atoms with van der Waals surface area (Å²) in [6, 6.07) is 7.81. The maximum atomic E-state index is 14.3. The van der Waals surface area contributed by atoms with Crippen LogP contribution in [0.1, 0.15) is 83.3 Å². The number of hydrogen-bond donors (Lipinski definition) is 2. The second-order valence-electron chi connectivity index (χ2n) is 12.8. The summed E-state index contributed by atoms with van der Waals surface area (Å²) in [6.45, 7) is 12.6. The van der Waals surface area contributed by atoms with Gasteiger partial charge in [0.15, 0.2) is 0 Å². The molecule has 3 aliphatic rings. The lowest BCUT2D eigenvalue weighted by Gasteiger charge is -2.37. The molecule has 0 saturated carbocycles. The molecular formula is C36H51N3O7. The van der Waals surface area contributed by atoms with Crippen molar-refractivity contribution in [3.05, 3.63) is 61.2 Å². The Morgan fingerprint density at radius 3 is 2.61 bits per heavy atom. The monoisotopic (exact) mass is 637 g/mol. The van der Waals surface area contributed by atoms with Crippen molar-refractivity contribution < 1.29 is 33.8 Å². The van der Waals surface area contributed by atoms with Gasteiger partial charge in [0.05, 0.1) is 24.0 Å². The van der Waals surface area contributed by atoms with Crippen LogP contribution in [0.2, 0.25) is 0 Å². The highest BCUT2D eigenvalue weighted by molar-refractivity contribution is 5.98. The molecular weight excluding hydrogens is 586 g/mol. The number of esters is 1. The number of ether oxygens (including phenoxy) is 2. The molecule has 1 aromatic carbocycles. The zero-order valence-electron chi connectivity index (χ0n) is 27.4. The molecule has 3 heterocycles. The van der Waals surface area contributed by atoms with Gasteiger partial charge in [-0.3, -0.25) is 19.2 Å². The number of carbonyl (C=O) groups excluding carboxylic acids is 4. The minimum absolute atomic E-state index is 0.0223. The van der Waals surface area contributed by atoms with E-state index < -0.39 is 47.7 Å². The number of nitrogens with zero attached hydrogens (tertiary/aromatic N) is 2. The average molecular weight is 638 g/mol. The van der Waals surface area contributed by atoms with Crippen molar-refractivity contribution in [3.63, 3.8) is 0 Å². The molecule has 2 bridgehead atoms. The van der Waals surface area contributed by atoms with Gasteiger partial charge in [-0.15, -0.1) is 13.2 Å². The SMILES string of the molecule is C=CCCC(=O)N[C@@H](C)[C@H](OC(=O)[C@@H]1[C@@H]2CC[C@]3(O2)[C@H](C(=O)N(CC=C)CCCCC)N(CCCCO)C(=O)[C@@H]13)c1ccccc1. The Kier molecular flexibility index (Phi) is 12.6. The fourth-order valence-corrected chi connectivity index (χ4v) is 7.45. The van der Waals surface area contributed by atoms with Crippen molar-refractivity contribution >= 4 is 23.7 Å². The van der Waals surface area contributed by atoms with E-state index in [-0.39, 0.29) is 37.3 Å².